The third-order valence-corrected chi connectivity index (χ3v) is 3.46. The van der Waals surface area contributed by atoms with Gasteiger partial charge in [-0.15, -0.1) is 0 Å². The number of para-hydroxylation sites is 2. The van der Waals surface area contributed by atoms with Gasteiger partial charge >= 0.3 is 0 Å². The number of hydrogen-bond acceptors (Lipinski definition) is 3. The fraction of sp³-hybridized carbons (Fsp3) is 0.167. The lowest BCUT2D eigenvalue weighted by atomic mass is 10.1. The molecule has 0 saturated carbocycles. The minimum absolute atomic E-state index is 0.0215. The second kappa shape index (κ2) is 5.94. The predicted molar refractivity (Wildman–Crippen MR) is 83.2 cm³/mol. The Labute approximate surface area is 123 Å². The summed E-state index contributed by atoms with van der Waals surface area (Å²) in [6.45, 7) is 2.42. The summed E-state index contributed by atoms with van der Waals surface area (Å²) in [4.78, 5) is 4.53. The van der Waals surface area contributed by atoms with Crippen molar-refractivity contribution in [3.8, 4) is 5.75 Å². The highest BCUT2D eigenvalue weighted by atomic mass is 16.5. The summed E-state index contributed by atoms with van der Waals surface area (Å²) < 4.78 is 5.89. The fourth-order valence-corrected chi connectivity index (χ4v) is 2.45. The van der Waals surface area contributed by atoms with Crippen LogP contribution in [0.4, 0.5) is 0 Å². The third-order valence-electron chi connectivity index (χ3n) is 3.46. The molecule has 0 saturated heterocycles. The summed E-state index contributed by atoms with van der Waals surface area (Å²) in [7, 11) is 0. The largest absolute Gasteiger partial charge is 0.489 e. The maximum Gasteiger partial charge on any atom is 0.125 e. The van der Waals surface area contributed by atoms with Crippen LogP contribution in [-0.4, -0.2) is 10.1 Å². The van der Waals surface area contributed by atoms with E-state index in [1.807, 2.05) is 55.5 Å². The van der Waals surface area contributed by atoms with Crippen LogP contribution in [0.1, 0.15) is 16.8 Å². The normalized spacial score (nSPS) is 10.8. The number of pyridine rings is 1. The molecule has 106 valence electrons. The number of benzene rings is 2. The van der Waals surface area contributed by atoms with Crippen LogP contribution in [0.25, 0.3) is 10.9 Å². The lowest BCUT2D eigenvalue weighted by molar-refractivity contribution is 0.259. The molecular weight excluding hydrogens is 262 g/mol. The van der Waals surface area contributed by atoms with Gasteiger partial charge in [0.2, 0.25) is 0 Å². The molecule has 1 N–H and O–H groups in total. The van der Waals surface area contributed by atoms with Crippen molar-refractivity contribution in [1.82, 2.24) is 4.98 Å². The van der Waals surface area contributed by atoms with Crippen molar-refractivity contribution in [3.63, 3.8) is 0 Å². The Bertz CT molecular complexity index is 768. The monoisotopic (exact) mass is 279 g/mol. The van der Waals surface area contributed by atoms with Crippen LogP contribution < -0.4 is 4.74 Å². The van der Waals surface area contributed by atoms with E-state index in [4.69, 9.17) is 4.74 Å². The number of aliphatic hydroxyl groups is 1. The van der Waals surface area contributed by atoms with Gasteiger partial charge in [0.15, 0.2) is 0 Å². The van der Waals surface area contributed by atoms with Gasteiger partial charge in [-0.25, -0.2) is 0 Å². The lowest BCUT2D eigenvalue weighted by Gasteiger charge is -2.12. The van der Waals surface area contributed by atoms with E-state index < -0.39 is 0 Å². The molecule has 3 aromatic rings. The Balaban J connectivity index is 1.92. The van der Waals surface area contributed by atoms with Crippen molar-refractivity contribution < 1.29 is 9.84 Å². The molecule has 1 heterocycles. The Hall–Kier alpha value is -2.39. The standard InChI is InChI=1S/C18H17NO2/c1-13-10-15(16-7-3-4-8-17(16)19-13)12-21-18-9-5-2-6-14(18)11-20/h2-10,20H,11-12H2,1H3. The van der Waals surface area contributed by atoms with E-state index in [1.165, 1.54) is 0 Å². The molecule has 3 rings (SSSR count). The Kier molecular flexibility index (Phi) is 3.84. The second-order valence-corrected chi connectivity index (χ2v) is 4.99. The van der Waals surface area contributed by atoms with Crippen molar-refractivity contribution in [3.05, 3.63) is 71.4 Å². The van der Waals surface area contributed by atoms with Gasteiger partial charge in [0, 0.05) is 22.2 Å². The fourth-order valence-electron chi connectivity index (χ4n) is 2.45. The number of aromatic nitrogens is 1. The zero-order valence-electron chi connectivity index (χ0n) is 11.9. The molecule has 0 atom stereocenters. The maximum atomic E-state index is 9.34. The quantitative estimate of drug-likeness (QED) is 0.793. The summed E-state index contributed by atoms with van der Waals surface area (Å²) >= 11 is 0. The van der Waals surface area contributed by atoms with Gasteiger partial charge in [-0.3, -0.25) is 4.98 Å². The van der Waals surface area contributed by atoms with Crippen molar-refractivity contribution in [2.45, 2.75) is 20.1 Å². The molecule has 0 fully saturated rings. The smallest absolute Gasteiger partial charge is 0.125 e. The Morgan fingerprint density at radius 3 is 2.62 bits per heavy atom. The molecule has 0 aliphatic heterocycles. The highest BCUT2D eigenvalue weighted by Gasteiger charge is 2.06. The van der Waals surface area contributed by atoms with E-state index >= 15 is 0 Å². The first kappa shape index (κ1) is 13.6. The molecule has 21 heavy (non-hydrogen) atoms. The van der Waals surface area contributed by atoms with E-state index in [2.05, 4.69) is 11.1 Å². The number of fused-ring (bicyclic) bond motifs is 1. The number of rotatable bonds is 4. The molecule has 0 amide bonds. The molecule has 0 spiro atoms. The third kappa shape index (κ3) is 2.88. The van der Waals surface area contributed by atoms with Crippen LogP contribution in [0.15, 0.2) is 54.6 Å². The highest BCUT2D eigenvalue weighted by molar-refractivity contribution is 5.82. The number of ether oxygens (including phenoxy) is 1. The van der Waals surface area contributed by atoms with Crippen LogP contribution in [0.5, 0.6) is 5.75 Å². The van der Waals surface area contributed by atoms with Crippen molar-refractivity contribution in [1.29, 1.82) is 0 Å². The molecular formula is C18H17NO2. The molecule has 2 aromatic carbocycles. The van der Waals surface area contributed by atoms with Crippen molar-refractivity contribution in [2.75, 3.05) is 0 Å². The average molecular weight is 279 g/mol. The summed E-state index contributed by atoms with van der Waals surface area (Å²) in [6.07, 6.45) is 0. The van der Waals surface area contributed by atoms with E-state index in [-0.39, 0.29) is 6.61 Å². The van der Waals surface area contributed by atoms with Crippen molar-refractivity contribution in [2.24, 2.45) is 0 Å². The van der Waals surface area contributed by atoms with Crippen LogP contribution in [0, 0.1) is 6.92 Å². The molecule has 1 aromatic heterocycles. The zero-order valence-corrected chi connectivity index (χ0v) is 11.9. The summed E-state index contributed by atoms with van der Waals surface area (Å²) in [5.41, 5.74) is 3.85. The van der Waals surface area contributed by atoms with Gasteiger partial charge in [-0.1, -0.05) is 36.4 Å². The minimum atomic E-state index is -0.0215. The van der Waals surface area contributed by atoms with E-state index in [0.29, 0.717) is 6.61 Å². The Morgan fingerprint density at radius 1 is 1.00 bits per heavy atom. The maximum absolute atomic E-state index is 9.34. The van der Waals surface area contributed by atoms with Crippen LogP contribution in [-0.2, 0) is 13.2 Å². The highest BCUT2D eigenvalue weighted by Crippen LogP contribution is 2.22. The van der Waals surface area contributed by atoms with Gasteiger partial charge in [0.1, 0.15) is 12.4 Å². The summed E-state index contributed by atoms with van der Waals surface area (Å²) in [5, 5.41) is 10.4. The zero-order chi connectivity index (χ0) is 14.7. The first-order valence-electron chi connectivity index (χ1n) is 6.95. The van der Waals surface area contributed by atoms with Gasteiger partial charge < -0.3 is 9.84 Å². The number of aryl methyl sites for hydroxylation is 1. The minimum Gasteiger partial charge on any atom is -0.489 e. The average Bonchev–Trinajstić information content (AvgIpc) is 2.52. The number of aliphatic hydroxyl groups excluding tert-OH is 1. The van der Waals surface area contributed by atoms with E-state index in [9.17, 15) is 5.11 Å². The topological polar surface area (TPSA) is 42.4 Å². The van der Waals surface area contributed by atoms with Crippen LogP contribution in [0.3, 0.4) is 0 Å². The van der Waals surface area contributed by atoms with Crippen LogP contribution >= 0.6 is 0 Å². The number of hydrogen-bond donors (Lipinski definition) is 1. The lowest BCUT2D eigenvalue weighted by Crippen LogP contribution is -2.01. The molecule has 0 aliphatic carbocycles. The van der Waals surface area contributed by atoms with Gasteiger partial charge in [-0.05, 0) is 25.1 Å². The SMILES string of the molecule is Cc1cc(COc2ccccc2CO)c2ccccc2n1. The molecule has 3 heteroatoms. The van der Waals surface area contributed by atoms with Gasteiger partial charge in [-0.2, -0.15) is 0 Å². The van der Waals surface area contributed by atoms with Gasteiger partial charge in [0.05, 0.1) is 12.1 Å². The van der Waals surface area contributed by atoms with Gasteiger partial charge in [0.25, 0.3) is 0 Å². The Morgan fingerprint density at radius 2 is 1.76 bits per heavy atom. The summed E-state index contributed by atoms with van der Waals surface area (Å²) in [5.74, 6) is 0.721. The van der Waals surface area contributed by atoms with E-state index in [1.54, 1.807) is 0 Å². The molecule has 0 unspecified atom stereocenters. The molecule has 0 bridgehead atoms. The molecule has 0 radical (unpaired) electrons. The number of nitrogens with zero attached hydrogens (tertiary/aromatic N) is 1. The van der Waals surface area contributed by atoms with Crippen molar-refractivity contribution >= 4 is 10.9 Å². The first-order valence-corrected chi connectivity index (χ1v) is 6.95. The van der Waals surface area contributed by atoms with Crippen LogP contribution in [0.2, 0.25) is 0 Å². The second-order valence-electron chi connectivity index (χ2n) is 4.99. The predicted octanol–water partition coefficient (Wildman–Crippen LogP) is 3.61. The first-order chi connectivity index (χ1) is 10.3. The molecule has 3 nitrogen and oxygen atoms in total. The summed E-state index contributed by atoms with van der Waals surface area (Å²) in [6, 6.07) is 17.6. The molecule has 0 aliphatic rings. The van der Waals surface area contributed by atoms with E-state index in [0.717, 1.165) is 33.5 Å².